The van der Waals surface area contributed by atoms with Crippen molar-refractivity contribution in [1.82, 2.24) is 0 Å². The predicted octanol–water partition coefficient (Wildman–Crippen LogP) is 3.91. The van der Waals surface area contributed by atoms with Gasteiger partial charge in [0.05, 0.1) is 12.3 Å². The Hall–Kier alpha value is -1.10. The Kier molecular flexibility index (Phi) is 3.38. The zero-order valence-corrected chi connectivity index (χ0v) is 9.90. The summed E-state index contributed by atoms with van der Waals surface area (Å²) in [6.45, 7) is 0. The normalized spacial score (nSPS) is 12.8. The van der Waals surface area contributed by atoms with Gasteiger partial charge in [-0.05, 0) is 29.8 Å². The summed E-state index contributed by atoms with van der Waals surface area (Å²) in [6.07, 6.45) is 1.31. The first-order chi connectivity index (χ1) is 8.02. The molecule has 1 heterocycles. The molecule has 2 rings (SSSR count). The molecule has 0 aliphatic carbocycles. The monoisotopic (exact) mass is 277 g/mol. The van der Waals surface area contributed by atoms with Gasteiger partial charge in [0.2, 0.25) is 0 Å². The molecule has 90 valence electrons. The zero-order chi connectivity index (χ0) is 12.6. The van der Waals surface area contributed by atoms with Crippen LogP contribution in [0, 0.1) is 11.6 Å². The minimum Gasteiger partial charge on any atom is -0.453 e. The van der Waals surface area contributed by atoms with Gasteiger partial charge in [-0.1, -0.05) is 11.6 Å². The van der Waals surface area contributed by atoms with E-state index in [1.165, 1.54) is 18.4 Å². The Balaban J connectivity index is 2.55. The van der Waals surface area contributed by atoms with Gasteiger partial charge in [-0.15, -0.1) is 0 Å². The lowest BCUT2D eigenvalue weighted by atomic mass is 10.0. The minimum absolute atomic E-state index is 0.0252. The van der Waals surface area contributed by atoms with E-state index in [0.717, 1.165) is 6.07 Å². The highest BCUT2D eigenvalue weighted by Crippen LogP contribution is 2.33. The third-order valence-electron chi connectivity index (χ3n) is 2.37. The van der Waals surface area contributed by atoms with Crippen molar-refractivity contribution in [3.63, 3.8) is 0 Å². The topological polar surface area (TPSA) is 39.2 Å². The molecule has 1 aromatic heterocycles. The number of halogens is 4. The van der Waals surface area contributed by atoms with Crippen LogP contribution < -0.4 is 5.73 Å². The standard InChI is InChI=1S/C11H7Cl2F2NO/c12-6-1-2-7(14)9(15)8(6)10(16)5-3-4-17-11(5)13/h1-4,10H,16H2. The summed E-state index contributed by atoms with van der Waals surface area (Å²) in [4.78, 5) is 0. The van der Waals surface area contributed by atoms with Gasteiger partial charge in [0.25, 0.3) is 0 Å². The molecule has 0 amide bonds. The van der Waals surface area contributed by atoms with Gasteiger partial charge in [-0.3, -0.25) is 0 Å². The maximum atomic E-state index is 13.6. The van der Waals surface area contributed by atoms with Crippen molar-refractivity contribution in [1.29, 1.82) is 0 Å². The van der Waals surface area contributed by atoms with Crippen molar-refractivity contribution in [2.75, 3.05) is 0 Å². The highest BCUT2D eigenvalue weighted by molar-refractivity contribution is 6.31. The lowest BCUT2D eigenvalue weighted by molar-refractivity contribution is 0.494. The predicted molar refractivity (Wildman–Crippen MR) is 61.1 cm³/mol. The number of benzene rings is 1. The molecular weight excluding hydrogens is 271 g/mol. The fourth-order valence-corrected chi connectivity index (χ4v) is 2.01. The molecule has 0 spiro atoms. The van der Waals surface area contributed by atoms with E-state index in [1.807, 2.05) is 0 Å². The smallest absolute Gasteiger partial charge is 0.198 e. The lowest BCUT2D eigenvalue weighted by Gasteiger charge is -2.13. The summed E-state index contributed by atoms with van der Waals surface area (Å²) in [7, 11) is 0. The Bertz CT molecular complexity index is 556. The number of furan rings is 1. The molecule has 2 nitrogen and oxygen atoms in total. The van der Waals surface area contributed by atoms with Crippen LogP contribution in [0.25, 0.3) is 0 Å². The van der Waals surface area contributed by atoms with Gasteiger partial charge >= 0.3 is 0 Å². The molecule has 1 unspecified atom stereocenters. The Labute approximate surface area is 106 Å². The third-order valence-corrected chi connectivity index (χ3v) is 3.01. The molecule has 0 aliphatic rings. The van der Waals surface area contributed by atoms with Gasteiger partial charge in [-0.2, -0.15) is 0 Å². The van der Waals surface area contributed by atoms with Crippen molar-refractivity contribution in [3.8, 4) is 0 Å². The molecular formula is C11H7Cl2F2NO. The SMILES string of the molecule is NC(c1ccoc1Cl)c1c(Cl)ccc(F)c1F. The number of nitrogens with two attached hydrogens (primary N) is 1. The number of hydrogen-bond donors (Lipinski definition) is 1. The Morgan fingerprint density at radius 2 is 1.88 bits per heavy atom. The van der Waals surface area contributed by atoms with E-state index >= 15 is 0 Å². The molecule has 0 saturated heterocycles. The second-order valence-electron chi connectivity index (χ2n) is 3.38. The summed E-state index contributed by atoms with van der Waals surface area (Å²) in [5.74, 6) is -2.10. The minimum atomic E-state index is -1.08. The molecule has 0 saturated carbocycles. The van der Waals surface area contributed by atoms with Gasteiger partial charge in [0.1, 0.15) is 0 Å². The van der Waals surface area contributed by atoms with Crippen LogP contribution in [0.1, 0.15) is 17.2 Å². The van der Waals surface area contributed by atoms with Crippen LogP contribution in [0.3, 0.4) is 0 Å². The van der Waals surface area contributed by atoms with Crippen molar-refractivity contribution in [2.24, 2.45) is 5.73 Å². The zero-order valence-electron chi connectivity index (χ0n) is 8.38. The van der Waals surface area contributed by atoms with Crippen molar-refractivity contribution < 1.29 is 13.2 Å². The number of hydrogen-bond acceptors (Lipinski definition) is 2. The first-order valence-electron chi connectivity index (χ1n) is 4.64. The summed E-state index contributed by atoms with van der Waals surface area (Å²) < 4.78 is 31.6. The van der Waals surface area contributed by atoms with E-state index in [0.29, 0.717) is 5.56 Å². The fraction of sp³-hybridized carbons (Fsp3) is 0.0909. The van der Waals surface area contributed by atoms with E-state index in [2.05, 4.69) is 0 Å². The van der Waals surface area contributed by atoms with Crippen LogP contribution >= 0.6 is 23.2 Å². The van der Waals surface area contributed by atoms with Crippen LogP contribution in [0.2, 0.25) is 10.2 Å². The summed E-state index contributed by atoms with van der Waals surface area (Å²) >= 11 is 11.5. The second kappa shape index (κ2) is 4.64. The van der Waals surface area contributed by atoms with E-state index in [4.69, 9.17) is 33.4 Å². The summed E-state index contributed by atoms with van der Waals surface area (Å²) in [5, 5.41) is 0.0610. The van der Waals surface area contributed by atoms with E-state index in [9.17, 15) is 8.78 Å². The average Bonchev–Trinajstić information content (AvgIpc) is 2.70. The van der Waals surface area contributed by atoms with Gasteiger partial charge in [0.15, 0.2) is 16.9 Å². The van der Waals surface area contributed by atoms with Gasteiger partial charge in [-0.25, -0.2) is 8.78 Å². The fourth-order valence-electron chi connectivity index (χ4n) is 1.51. The molecule has 2 N–H and O–H groups in total. The first kappa shape index (κ1) is 12.4. The van der Waals surface area contributed by atoms with E-state index in [1.54, 1.807) is 0 Å². The van der Waals surface area contributed by atoms with Crippen molar-refractivity contribution >= 4 is 23.2 Å². The molecule has 1 aromatic carbocycles. The van der Waals surface area contributed by atoms with Crippen LogP contribution in [-0.2, 0) is 0 Å². The van der Waals surface area contributed by atoms with Crippen LogP contribution in [0.15, 0.2) is 28.9 Å². The van der Waals surface area contributed by atoms with E-state index < -0.39 is 17.7 Å². The van der Waals surface area contributed by atoms with Crippen LogP contribution in [0.4, 0.5) is 8.78 Å². The van der Waals surface area contributed by atoms with Crippen molar-refractivity contribution in [2.45, 2.75) is 6.04 Å². The molecule has 6 heteroatoms. The van der Waals surface area contributed by atoms with Crippen molar-refractivity contribution in [3.05, 3.63) is 57.5 Å². The largest absolute Gasteiger partial charge is 0.453 e. The van der Waals surface area contributed by atoms with Crippen LogP contribution in [-0.4, -0.2) is 0 Å². The molecule has 0 radical (unpaired) electrons. The molecule has 2 aromatic rings. The molecule has 0 fully saturated rings. The summed E-state index contributed by atoms with van der Waals surface area (Å²) in [5.41, 5.74) is 6.00. The third kappa shape index (κ3) is 2.16. The molecule has 0 bridgehead atoms. The summed E-state index contributed by atoms with van der Waals surface area (Å²) in [6, 6.07) is 2.67. The Morgan fingerprint density at radius 3 is 2.47 bits per heavy atom. The van der Waals surface area contributed by atoms with Gasteiger partial charge < -0.3 is 10.2 Å². The number of rotatable bonds is 2. The van der Waals surface area contributed by atoms with E-state index in [-0.39, 0.29) is 15.8 Å². The molecule has 1 atom stereocenters. The Morgan fingerprint density at radius 1 is 1.18 bits per heavy atom. The second-order valence-corrected chi connectivity index (χ2v) is 4.13. The van der Waals surface area contributed by atoms with Crippen LogP contribution in [0.5, 0.6) is 0 Å². The maximum absolute atomic E-state index is 13.6. The quantitative estimate of drug-likeness (QED) is 0.846. The van der Waals surface area contributed by atoms with Gasteiger partial charge in [0, 0.05) is 16.1 Å². The first-order valence-corrected chi connectivity index (χ1v) is 5.40. The highest BCUT2D eigenvalue weighted by atomic mass is 35.5. The highest BCUT2D eigenvalue weighted by Gasteiger charge is 2.23. The molecule has 17 heavy (non-hydrogen) atoms. The lowest BCUT2D eigenvalue weighted by Crippen LogP contribution is -2.14. The maximum Gasteiger partial charge on any atom is 0.198 e. The molecule has 0 aliphatic heterocycles. The average molecular weight is 278 g/mol.